The second kappa shape index (κ2) is 13.2. The molecule has 0 radical (unpaired) electrons. The first-order valence-electron chi connectivity index (χ1n) is 14.0. The van der Waals surface area contributed by atoms with E-state index < -0.39 is 6.04 Å². The number of unbranched alkanes of at least 4 members (excludes halogenated alkanes) is 3. The Bertz CT molecular complexity index is 1680. The number of amides is 1. The fourth-order valence-corrected chi connectivity index (χ4v) is 5.46. The standard InChI is InChI=1S/C31H34ClN5O5/c1-36-18-20-15-22(9-11-26(20)34-36)33-31(40)28(7-5-3-4-6-13-38)37-19-29(41-2)25(17-30(37)39)24-16-21(32)8-10-23(24)27-12-14-42-35-27/h8-11,15-19,28,38H,3-7,12-14H2,1-2H3,(H,33,40). The van der Waals surface area contributed by atoms with Gasteiger partial charge in [0.1, 0.15) is 18.4 Å². The Balaban J connectivity index is 1.50. The van der Waals surface area contributed by atoms with Crippen LogP contribution in [-0.2, 0) is 16.7 Å². The first-order valence-corrected chi connectivity index (χ1v) is 14.4. The molecule has 1 aliphatic heterocycles. The van der Waals surface area contributed by atoms with Crippen LogP contribution in [-0.4, -0.2) is 51.4 Å². The van der Waals surface area contributed by atoms with Gasteiger partial charge in [-0.2, -0.15) is 5.10 Å². The van der Waals surface area contributed by atoms with Gasteiger partial charge in [0.15, 0.2) is 0 Å². The van der Waals surface area contributed by atoms with Crippen molar-refractivity contribution in [3.63, 3.8) is 0 Å². The predicted molar refractivity (Wildman–Crippen MR) is 163 cm³/mol. The first-order chi connectivity index (χ1) is 20.4. The molecule has 2 aromatic carbocycles. The minimum atomic E-state index is -0.786. The quantitative estimate of drug-likeness (QED) is 0.215. The number of nitrogens with zero attached hydrogens (tertiary/aromatic N) is 4. The summed E-state index contributed by atoms with van der Waals surface area (Å²) in [7, 11) is 3.37. The maximum Gasteiger partial charge on any atom is 0.252 e. The Hall–Kier alpha value is -4.15. The zero-order valence-corrected chi connectivity index (χ0v) is 24.4. The number of methoxy groups -OCH3 is 1. The molecule has 0 spiro atoms. The first kappa shape index (κ1) is 29.3. The van der Waals surface area contributed by atoms with E-state index in [0.29, 0.717) is 59.9 Å². The van der Waals surface area contributed by atoms with Crippen molar-refractivity contribution in [3.8, 4) is 16.9 Å². The summed E-state index contributed by atoms with van der Waals surface area (Å²) in [5, 5.41) is 22.1. The van der Waals surface area contributed by atoms with E-state index in [2.05, 4.69) is 15.6 Å². The highest BCUT2D eigenvalue weighted by molar-refractivity contribution is 6.31. The van der Waals surface area contributed by atoms with E-state index in [4.69, 9.17) is 26.3 Å². The number of aliphatic hydroxyl groups excluding tert-OH is 1. The summed E-state index contributed by atoms with van der Waals surface area (Å²) in [4.78, 5) is 32.7. The minimum Gasteiger partial charge on any atom is -0.495 e. The molecule has 0 bridgehead atoms. The van der Waals surface area contributed by atoms with E-state index in [1.54, 1.807) is 29.1 Å². The third kappa shape index (κ3) is 6.50. The molecule has 0 aliphatic carbocycles. The number of pyridine rings is 1. The summed E-state index contributed by atoms with van der Waals surface area (Å²) in [6, 6.07) is 11.6. The minimum absolute atomic E-state index is 0.128. The number of ether oxygens (including phenoxy) is 1. The highest BCUT2D eigenvalue weighted by atomic mass is 35.5. The van der Waals surface area contributed by atoms with Gasteiger partial charge in [0.2, 0.25) is 5.91 Å². The lowest BCUT2D eigenvalue weighted by atomic mass is 9.95. The Kier molecular flexibility index (Phi) is 9.24. The number of aliphatic hydroxyl groups is 1. The smallest absolute Gasteiger partial charge is 0.252 e. The molecule has 5 rings (SSSR count). The molecule has 4 aromatic rings. The van der Waals surface area contributed by atoms with Crippen LogP contribution in [0.25, 0.3) is 22.0 Å². The van der Waals surface area contributed by atoms with Crippen LogP contribution in [0, 0.1) is 0 Å². The lowest BCUT2D eigenvalue weighted by Gasteiger charge is -2.22. The summed E-state index contributed by atoms with van der Waals surface area (Å²) >= 11 is 6.37. The zero-order chi connectivity index (χ0) is 29.6. The molecule has 11 heteroatoms. The van der Waals surface area contributed by atoms with Crippen LogP contribution in [0.3, 0.4) is 0 Å². The average molecular weight is 592 g/mol. The van der Waals surface area contributed by atoms with Gasteiger partial charge in [0.25, 0.3) is 5.56 Å². The van der Waals surface area contributed by atoms with Crippen LogP contribution in [0.5, 0.6) is 5.75 Å². The van der Waals surface area contributed by atoms with Gasteiger partial charge < -0.3 is 20.0 Å². The SMILES string of the molecule is COc1cn(C(CCCCCCO)C(=O)Nc2ccc3nn(C)cc3c2)c(=O)cc1-c1cc(Cl)ccc1C1=NOCC1. The average Bonchev–Trinajstić information content (AvgIpc) is 3.64. The third-order valence-electron chi connectivity index (χ3n) is 7.36. The van der Waals surface area contributed by atoms with Crippen LogP contribution in [0.1, 0.15) is 50.1 Å². The number of carbonyl (C=O) groups excluding carboxylic acids is 1. The number of aryl methyl sites for hydroxylation is 1. The number of halogens is 1. The summed E-state index contributed by atoms with van der Waals surface area (Å²) in [5.41, 5.74) is 3.90. The van der Waals surface area contributed by atoms with Gasteiger partial charge in [0, 0.05) is 59.6 Å². The van der Waals surface area contributed by atoms with Gasteiger partial charge in [-0.15, -0.1) is 0 Å². The van der Waals surface area contributed by atoms with Crippen molar-refractivity contribution in [2.24, 2.45) is 12.2 Å². The molecule has 2 N–H and O–H groups in total. The van der Waals surface area contributed by atoms with E-state index in [0.717, 1.165) is 35.0 Å². The maximum absolute atomic E-state index is 13.7. The lowest BCUT2D eigenvalue weighted by Crippen LogP contribution is -2.33. The number of oxime groups is 1. The molecule has 1 unspecified atom stereocenters. The Morgan fingerprint density at radius 3 is 2.69 bits per heavy atom. The summed E-state index contributed by atoms with van der Waals surface area (Å²) in [6.45, 7) is 0.613. The number of fused-ring (bicyclic) bond motifs is 1. The van der Waals surface area contributed by atoms with Gasteiger partial charge in [0.05, 0.1) is 24.5 Å². The predicted octanol–water partition coefficient (Wildman–Crippen LogP) is 5.31. The lowest BCUT2D eigenvalue weighted by molar-refractivity contribution is -0.119. The largest absolute Gasteiger partial charge is 0.495 e. The number of hydrogen-bond acceptors (Lipinski definition) is 7. The number of anilines is 1. The second-order valence-corrected chi connectivity index (χ2v) is 10.8. The maximum atomic E-state index is 13.7. The monoisotopic (exact) mass is 591 g/mol. The van der Waals surface area contributed by atoms with Crippen molar-refractivity contribution in [2.45, 2.75) is 44.6 Å². The molecule has 0 saturated carbocycles. The third-order valence-corrected chi connectivity index (χ3v) is 7.60. The van der Waals surface area contributed by atoms with Gasteiger partial charge in [-0.25, -0.2) is 0 Å². The topological polar surface area (TPSA) is 120 Å². The number of benzene rings is 2. The highest BCUT2D eigenvalue weighted by Gasteiger charge is 2.25. The number of hydrogen-bond donors (Lipinski definition) is 2. The van der Waals surface area contributed by atoms with Gasteiger partial charge in [-0.1, -0.05) is 42.1 Å². The molecule has 10 nitrogen and oxygen atoms in total. The number of nitrogens with one attached hydrogen (secondary N) is 1. The molecular weight excluding hydrogens is 558 g/mol. The highest BCUT2D eigenvalue weighted by Crippen LogP contribution is 2.35. The van der Waals surface area contributed by atoms with Gasteiger partial charge in [-0.05, 0) is 48.7 Å². The Morgan fingerprint density at radius 1 is 1.10 bits per heavy atom. The van der Waals surface area contributed by atoms with Crippen LogP contribution in [0.4, 0.5) is 5.69 Å². The normalized spacial score (nSPS) is 13.6. The summed E-state index contributed by atoms with van der Waals surface area (Å²) in [5.74, 6) is 0.116. The number of aromatic nitrogens is 3. The van der Waals surface area contributed by atoms with Gasteiger partial charge in [-0.3, -0.25) is 18.8 Å². The van der Waals surface area contributed by atoms with Crippen molar-refractivity contribution >= 4 is 39.8 Å². The van der Waals surface area contributed by atoms with Crippen molar-refractivity contribution in [3.05, 3.63) is 75.8 Å². The molecule has 1 amide bonds. The summed E-state index contributed by atoms with van der Waals surface area (Å²) < 4.78 is 8.92. The van der Waals surface area contributed by atoms with E-state index in [1.807, 2.05) is 31.4 Å². The molecular formula is C31H34ClN5O5. The molecule has 42 heavy (non-hydrogen) atoms. The van der Waals surface area contributed by atoms with Gasteiger partial charge >= 0.3 is 0 Å². The second-order valence-electron chi connectivity index (χ2n) is 10.3. The summed E-state index contributed by atoms with van der Waals surface area (Å²) in [6.07, 6.45) is 7.61. The van der Waals surface area contributed by atoms with E-state index in [9.17, 15) is 9.59 Å². The molecule has 0 saturated heterocycles. The van der Waals surface area contributed by atoms with Crippen LogP contribution in [0.2, 0.25) is 5.02 Å². The van der Waals surface area contributed by atoms with Crippen molar-refractivity contribution < 1.29 is 19.5 Å². The molecule has 1 aliphatic rings. The Labute approximate surface area is 248 Å². The molecule has 1 atom stereocenters. The van der Waals surface area contributed by atoms with E-state index in [-0.39, 0.29) is 18.1 Å². The fraction of sp³-hybridized carbons (Fsp3) is 0.355. The van der Waals surface area contributed by atoms with E-state index in [1.165, 1.54) is 17.7 Å². The molecule has 2 aromatic heterocycles. The fourth-order valence-electron chi connectivity index (χ4n) is 5.28. The van der Waals surface area contributed by atoms with Crippen molar-refractivity contribution in [1.82, 2.24) is 14.3 Å². The van der Waals surface area contributed by atoms with Crippen LogP contribution < -0.4 is 15.6 Å². The molecule has 220 valence electrons. The van der Waals surface area contributed by atoms with E-state index >= 15 is 0 Å². The van der Waals surface area contributed by atoms with Crippen molar-refractivity contribution in [2.75, 3.05) is 25.6 Å². The molecule has 3 heterocycles. The Morgan fingerprint density at radius 2 is 1.93 bits per heavy atom. The number of rotatable bonds is 12. The molecule has 0 fully saturated rings. The zero-order valence-electron chi connectivity index (χ0n) is 23.7. The van der Waals surface area contributed by atoms with Crippen molar-refractivity contribution in [1.29, 1.82) is 0 Å². The van der Waals surface area contributed by atoms with Crippen LogP contribution in [0.15, 0.2) is 64.8 Å². The van der Waals surface area contributed by atoms with Crippen LogP contribution >= 0.6 is 11.6 Å². The number of carbonyl (C=O) groups is 1.